The van der Waals surface area contributed by atoms with Crippen molar-refractivity contribution in [2.75, 3.05) is 31.1 Å². The molecule has 1 N–H and O–H groups in total. The summed E-state index contributed by atoms with van der Waals surface area (Å²) in [7, 11) is 0. The molecule has 0 amide bonds. The van der Waals surface area contributed by atoms with Crippen molar-refractivity contribution in [3.05, 3.63) is 18.1 Å². The molecule has 5 heteroatoms. The Morgan fingerprint density at radius 2 is 2.00 bits per heavy atom. The first-order chi connectivity index (χ1) is 8.86. The SMILES string of the molecule is OCc1cnc(N2CCC(N3CCCC3)C2)cn1. The zero-order valence-electron chi connectivity index (χ0n) is 10.6. The van der Waals surface area contributed by atoms with Gasteiger partial charge in [-0.25, -0.2) is 4.98 Å². The van der Waals surface area contributed by atoms with Gasteiger partial charge in [0.05, 0.1) is 24.7 Å². The van der Waals surface area contributed by atoms with Gasteiger partial charge >= 0.3 is 0 Å². The monoisotopic (exact) mass is 248 g/mol. The maximum atomic E-state index is 8.96. The van der Waals surface area contributed by atoms with Gasteiger partial charge in [-0.3, -0.25) is 9.88 Å². The summed E-state index contributed by atoms with van der Waals surface area (Å²) in [5.41, 5.74) is 0.633. The van der Waals surface area contributed by atoms with Crippen LogP contribution in [0.15, 0.2) is 12.4 Å². The van der Waals surface area contributed by atoms with Gasteiger partial charge in [-0.15, -0.1) is 0 Å². The van der Waals surface area contributed by atoms with Gasteiger partial charge in [0.1, 0.15) is 5.82 Å². The van der Waals surface area contributed by atoms with E-state index in [1.807, 2.05) is 0 Å². The molecule has 0 aromatic carbocycles. The maximum Gasteiger partial charge on any atom is 0.147 e. The van der Waals surface area contributed by atoms with Gasteiger partial charge in [-0.2, -0.15) is 0 Å². The second kappa shape index (κ2) is 5.20. The van der Waals surface area contributed by atoms with Crippen LogP contribution < -0.4 is 4.90 Å². The lowest BCUT2D eigenvalue weighted by Crippen LogP contribution is -2.35. The number of rotatable bonds is 3. The van der Waals surface area contributed by atoms with Crippen LogP contribution in [0.25, 0.3) is 0 Å². The number of hydrogen-bond donors (Lipinski definition) is 1. The van der Waals surface area contributed by atoms with Crippen LogP contribution in [0.2, 0.25) is 0 Å². The van der Waals surface area contributed by atoms with E-state index in [0.29, 0.717) is 11.7 Å². The fourth-order valence-corrected chi connectivity index (χ4v) is 2.95. The Kier molecular flexibility index (Phi) is 3.43. The Morgan fingerprint density at radius 3 is 2.67 bits per heavy atom. The summed E-state index contributed by atoms with van der Waals surface area (Å²) in [4.78, 5) is 13.5. The minimum Gasteiger partial charge on any atom is -0.390 e. The molecule has 1 atom stereocenters. The first-order valence-electron chi connectivity index (χ1n) is 6.77. The molecule has 3 rings (SSSR count). The van der Waals surface area contributed by atoms with Crippen LogP contribution in [0, 0.1) is 0 Å². The van der Waals surface area contributed by atoms with Crippen molar-refractivity contribution in [3.63, 3.8) is 0 Å². The zero-order chi connectivity index (χ0) is 12.4. The van der Waals surface area contributed by atoms with Crippen molar-refractivity contribution in [1.82, 2.24) is 14.9 Å². The molecule has 3 heterocycles. The van der Waals surface area contributed by atoms with Gasteiger partial charge in [-0.1, -0.05) is 0 Å². The molecule has 1 aromatic heterocycles. The van der Waals surface area contributed by atoms with Gasteiger partial charge in [0.25, 0.3) is 0 Å². The molecule has 2 saturated heterocycles. The van der Waals surface area contributed by atoms with Crippen molar-refractivity contribution < 1.29 is 5.11 Å². The normalized spacial score (nSPS) is 24.9. The summed E-state index contributed by atoms with van der Waals surface area (Å²) in [6, 6.07) is 0.687. The molecule has 1 aromatic rings. The lowest BCUT2D eigenvalue weighted by molar-refractivity contribution is 0.260. The smallest absolute Gasteiger partial charge is 0.147 e. The number of hydrogen-bond acceptors (Lipinski definition) is 5. The van der Waals surface area contributed by atoms with Gasteiger partial charge in [0.2, 0.25) is 0 Å². The number of aliphatic hydroxyl groups excluding tert-OH is 1. The third kappa shape index (κ3) is 2.33. The van der Waals surface area contributed by atoms with Crippen LogP contribution in [0.5, 0.6) is 0 Å². The number of likely N-dealkylation sites (tertiary alicyclic amines) is 1. The van der Waals surface area contributed by atoms with Gasteiger partial charge in [-0.05, 0) is 32.4 Å². The maximum absolute atomic E-state index is 8.96. The average Bonchev–Trinajstić information content (AvgIpc) is 3.09. The van der Waals surface area contributed by atoms with Crippen molar-refractivity contribution in [1.29, 1.82) is 0 Å². The summed E-state index contributed by atoms with van der Waals surface area (Å²) in [5, 5.41) is 8.96. The summed E-state index contributed by atoms with van der Waals surface area (Å²) < 4.78 is 0. The Balaban J connectivity index is 1.63. The number of nitrogens with zero attached hydrogens (tertiary/aromatic N) is 4. The lowest BCUT2D eigenvalue weighted by atomic mass is 10.2. The number of anilines is 1. The molecule has 0 aliphatic carbocycles. The lowest BCUT2D eigenvalue weighted by Gasteiger charge is -2.23. The molecule has 0 bridgehead atoms. The van der Waals surface area contributed by atoms with Crippen LogP contribution in [-0.2, 0) is 6.61 Å². The topological polar surface area (TPSA) is 52.5 Å². The Bertz CT molecular complexity index is 388. The van der Waals surface area contributed by atoms with Gasteiger partial charge in [0.15, 0.2) is 0 Å². The Morgan fingerprint density at radius 1 is 1.17 bits per heavy atom. The highest BCUT2D eigenvalue weighted by Crippen LogP contribution is 2.23. The van der Waals surface area contributed by atoms with Gasteiger partial charge < -0.3 is 10.0 Å². The van der Waals surface area contributed by atoms with E-state index in [1.54, 1.807) is 12.4 Å². The third-order valence-corrected chi connectivity index (χ3v) is 4.00. The summed E-state index contributed by atoms with van der Waals surface area (Å²) in [6.07, 6.45) is 7.36. The second-order valence-corrected chi connectivity index (χ2v) is 5.16. The summed E-state index contributed by atoms with van der Waals surface area (Å²) in [6.45, 7) is 4.60. The molecule has 2 aliphatic heterocycles. The quantitative estimate of drug-likeness (QED) is 0.851. The van der Waals surface area contributed by atoms with E-state index in [1.165, 1.54) is 32.4 Å². The minimum absolute atomic E-state index is 0.0380. The van der Waals surface area contributed by atoms with Crippen LogP contribution in [0.3, 0.4) is 0 Å². The first kappa shape index (κ1) is 11.9. The zero-order valence-corrected chi connectivity index (χ0v) is 10.6. The predicted octanol–water partition coefficient (Wildman–Crippen LogP) is 0.643. The van der Waals surface area contributed by atoms with E-state index in [2.05, 4.69) is 19.8 Å². The summed E-state index contributed by atoms with van der Waals surface area (Å²) >= 11 is 0. The fourth-order valence-electron chi connectivity index (χ4n) is 2.95. The Labute approximate surface area is 107 Å². The van der Waals surface area contributed by atoms with Crippen molar-refractivity contribution in [3.8, 4) is 0 Å². The largest absolute Gasteiger partial charge is 0.390 e. The van der Waals surface area contributed by atoms with Crippen molar-refractivity contribution in [2.45, 2.75) is 31.9 Å². The van der Waals surface area contributed by atoms with Crippen molar-refractivity contribution in [2.24, 2.45) is 0 Å². The van der Waals surface area contributed by atoms with E-state index >= 15 is 0 Å². The molecule has 2 aliphatic rings. The van der Waals surface area contributed by atoms with E-state index in [4.69, 9.17) is 5.11 Å². The fraction of sp³-hybridized carbons (Fsp3) is 0.692. The molecular weight excluding hydrogens is 228 g/mol. The van der Waals surface area contributed by atoms with Crippen LogP contribution >= 0.6 is 0 Å². The summed E-state index contributed by atoms with van der Waals surface area (Å²) in [5.74, 6) is 0.939. The number of aliphatic hydroxyl groups is 1. The first-order valence-corrected chi connectivity index (χ1v) is 6.77. The predicted molar refractivity (Wildman–Crippen MR) is 69.4 cm³/mol. The van der Waals surface area contributed by atoms with E-state index in [9.17, 15) is 0 Å². The third-order valence-electron chi connectivity index (χ3n) is 4.00. The highest BCUT2D eigenvalue weighted by atomic mass is 16.3. The average molecular weight is 248 g/mol. The molecule has 2 fully saturated rings. The molecule has 18 heavy (non-hydrogen) atoms. The van der Waals surface area contributed by atoms with Crippen LogP contribution in [-0.4, -0.2) is 52.2 Å². The molecular formula is C13H20N4O. The Hall–Kier alpha value is -1.20. The van der Waals surface area contributed by atoms with Crippen LogP contribution in [0.4, 0.5) is 5.82 Å². The molecule has 98 valence electrons. The second-order valence-electron chi connectivity index (χ2n) is 5.16. The van der Waals surface area contributed by atoms with E-state index < -0.39 is 0 Å². The molecule has 0 saturated carbocycles. The van der Waals surface area contributed by atoms with Gasteiger partial charge in [0, 0.05) is 19.1 Å². The standard InChI is InChI=1S/C13H20N4O/c18-10-11-7-15-13(8-14-11)17-6-3-12(9-17)16-4-1-2-5-16/h7-8,12,18H,1-6,9-10H2. The number of aromatic nitrogens is 2. The van der Waals surface area contributed by atoms with E-state index in [0.717, 1.165) is 18.9 Å². The molecule has 5 nitrogen and oxygen atoms in total. The highest BCUT2D eigenvalue weighted by molar-refractivity contribution is 5.37. The van der Waals surface area contributed by atoms with Crippen molar-refractivity contribution >= 4 is 5.82 Å². The highest BCUT2D eigenvalue weighted by Gasteiger charge is 2.29. The minimum atomic E-state index is -0.0380. The molecule has 0 spiro atoms. The van der Waals surface area contributed by atoms with Crippen LogP contribution in [0.1, 0.15) is 25.0 Å². The molecule has 1 unspecified atom stereocenters. The molecule has 0 radical (unpaired) electrons. The van der Waals surface area contributed by atoms with E-state index in [-0.39, 0.29) is 6.61 Å².